The smallest absolute Gasteiger partial charge is 0.261 e. The van der Waals surface area contributed by atoms with Crippen molar-refractivity contribution in [2.45, 2.75) is 19.4 Å². The number of para-hydroxylation sites is 1. The summed E-state index contributed by atoms with van der Waals surface area (Å²) in [5.74, 6) is 0.682. The molecular formula is C19H23N5O. The number of piperazine rings is 1. The number of rotatable bonds is 2. The monoisotopic (exact) mass is 337 g/mol. The van der Waals surface area contributed by atoms with Crippen LogP contribution in [0.25, 0.3) is 0 Å². The molecule has 2 aromatic rings. The van der Waals surface area contributed by atoms with E-state index in [1.807, 2.05) is 23.1 Å². The lowest BCUT2D eigenvalue weighted by molar-refractivity contribution is 0.0981. The van der Waals surface area contributed by atoms with Crippen molar-refractivity contribution in [3.63, 3.8) is 0 Å². The molecule has 0 spiro atoms. The quantitative estimate of drug-likeness (QED) is 0.837. The average molecular weight is 337 g/mol. The molecule has 1 fully saturated rings. The number of aromatic nitrogens is 2. The molecule has 0 N–H and O–H groups in total. The van der Waals surface area contributed by atoms with Crippen LogP contribution in [0.4, 0.5) is 11.6 Å². The van der Waals surface area contributed by atoms with E-state index in [2.05, 4.69) is 39.8 Å². The molecule has 0 saturated carbocycles. The van der Waals surface area contributed by atoms with Gasteiger partial charge in [-0.15, -0.1) is 0 Å². The van der Waals surface area contributed by atoms with Crippen molar-refractivity contribution < 1.29 is 4.79 Å². The SMILES string of the molecule is CC1Cc2ccccc2N1C(=O)c1cnc(N2CCN(C)CC2)nc1. The third kappa shape index (κ3) is 2.98. The third-order valence-electron chi connectivity index (χ3n) is 5.10. The van der Waals surface area contributed by atoms with Crippen LogP contribution in [0.5, 0.6) is 0 Å². The Labute approximate surface area is 148 Å². The van der Waals surface area contributed by atoms with Crippen LogP contribution < -0.4 is 9.80 Å². The van der Waals surface area contributed by atoms with Crippen LogP contribution in [0.3, 0.4) is 0 Å². The minimum Gasteiger partial charge on any atom is -0.338 e. The van der Waals surface area contributed by atoms with Crippen LogP contribution in [0.15, 0.2) is 36.7 Å². The molecule has 6 nitrogen and oxygen atoms in total. The van der Waals surface area contributed by atoms with Gasteiger partial charge in [0.1, 0.15) is 0 Å². The zero-order valence-corrected chi connectivity index (χ0v) is 14.7. The predicted octanol–water partition coefficient (Wildman–Crippen LogP) is 1.82. The van der Waals surface area contributed by atoms with Gasteiger partial charge < -0.3 is 14.7 Å². The molecule has 130 valence electrons. The lowest BCUT2D eigenvalue weighted by atomic mass is 10.1. The molecule has 3 heterocycles. The van der Waals surface area contributed by atoms with Crippen LogP contribution in [-0.4, -0.2) is 60.0 Å². The molecule has 1 aromatic carbocycles. The molecule has 0 bridgehead atoms. The molecule has 1 unspecified atom stereocenters. The number of carbonyl (C=O) groups is 1. The Morgan fingerprint density at radius 3 is 2.48 bits per heavy atom. The highest BCUT2D eigenvalue weighted by molar-refractivity contribution is 6.07. The first-order valence-electron chi connectivity index (χ1n) is 8.80. The summed E-state index contributed by atoms with van der Waals surface area (Å²) in [6.07, 6.45) is 4.22. The van der Waals surface area contributed by atoms with E-state index < -0.39 is 0 Å². The van der Waals surface area contributed by atoms with Crippen LogP contribution >= 0.6 is 0 Å². The Morgan fingerprint density at radius 1 is 1.08 bits per heavy atom. The molecule has 2 aliphatic heterocycles. The number of benzene rings is 1. The molecule has 1 atom stereocenters. The normalized spacial score (nSPS) is 20.6. The van der Waals surface area contributed by atoms with Crippen LogP contribution in [0.1, 0.15) is 22.8 Å². The maximum absolute atomic E-state index is 13.0. The molecule has 2 aliphatic rings. The molecule has 1 aromatic heterocycles. The van der Waals surface area contributed by atoms with Gasteiger partial charge in [0.15, 0.2) is 0 Å². The standard InChI is InChI=1S/C19H23N5O/c1-14-11-15-5-3-4-6-17(15)24(14)18(25)16-12-20-19(21-13-16)23-9-7-22(2)8-10-23/h3-6,12-14H,7-11H2,1-2H3. The van der Waals surface area contributed by atoms with E-state index in [4.69, 9.17) is 0 Å². The van der Waals surface area contributed by atoms with Crippen LogP contribution in [0, 0.1) is 0 Å². The summed E-state index contributed by atoms with van der Waals surface area (Å²) >= 11 is 0. The van der Waals surface area contributed by atoms with E-state index in [1.165, 1.54) is 5.56 Å². The van der Waals surface area contributed by atoms with Crippen molar-refractivity contribution in [2.75, 3.05) is 43.0 Å². The summed E-state index contributed by atoms with van der Waals surface area (Å²) in [5, 5.41) is 0. The maximum atomic E-state index is 13.0. The van der Waals surface area contributed by atoms with Gasteiger partial charge >= 0.3 is 0 Å². The molecule has 0 aliphatic carbocycles. The average Bonchev–Trinajstić information content (AvgIpc) is 2.97. The Hall–Kier alpha value is -2.47. The Kier molecular flexibility index (Phi) is 4.13. The molecule has 6 heteroatoms. The molecule has 0 radical (unpaired) electrons. The fourth-order valence-corrected chi connectivity index (χ4v) is 3.62. The number of likely N-dealkylation sites (N-methyl/N-ethyl adjacent to an activating group) is 1. The summed E-state index contributed by atoms with van der Waals surface area (Å²) in [6, 6.07) is 8.25. The molecule has 4 rings (SSSR count). The minimum atomic E-state index is -0.0256. The lowest BCUT2D eigenvalue weighted by Crippen LogP contribution is -2.45. The van der Waals surface area contributed by atoms with Crippen molar-refractivity contribution in [1.29, 1.82) is 0 Å². The second kappa shape index (κ2) is 6.44. The fraction of sp³-hybridized carbons (Fsp3) is 0.421. The van der Waals surface area contributed by atoms with E-state index in [9.17, 15) is 4.79 Å². The number of hydrogen-bond acceptors (Lipinski definition) is 5. The topological polar surface area (TPSA) is 52.6 Å². The number of amides is 1. The number of carbonyl (C=O) groups excluding carboxylic acids is 1. The largest absolute Gasteiger partial charge is 0.338 e. The zero-order valence-electron chi connectivity index (χ0n) is 14.7. The summed E-state index contributed by atoms with van der Waals surface area (Å²) < 4.78 is 0. The van der Waals surface area contributed by atoms with E-state index in [1.54, 1.807) is 12.4 Å². The van der Waals surface area contributed by atoms with Gasteiger partial charge in [-0.3, -0.25) is 4.79 Å². The highest BCUT2D eigenvalue weighted by Gasteiger charge is 2.31. The van der Waals surface area contributed by atoms with E-state index in [0.717, 1.165) is 38.3 Å². The number of fused-ring (bicyclic) bond motifs is 1. The number of anilines is 2. The van der Waals surface area contributed by atoms with E-state index in [0.29, 0.717) is 11.5 Å². The third-order valence-corrected chi connectivity index (χ3v) is 5.10. The van der Waals surface area contributed by atoms with Crippen molar-refractivity contribution in [3.8, 4) is 0 Å². The highest BCUT2D eigenvalue weighted by atomic mass is 16.2. The van der Waals surface area contributed by atoms with Gasteiger partial charge in [0.25, 0.3) is 5.91 Å². The van der Waals surface area contributed by atoms with E-state index >= 15 is 0 Å². The first-order valence-corrected chi connectivity index (χ1v) is 8.80. The van der Waals surface area contributed by atoms with Gasteiger partial charge in [-0.1, -0.05) is 18.2 Å². The number of nitrogens with zero attached hydrogens (tertiary/aromatic N) is 5. The molecule has 1 amide bonds. The zero-order chi connectivity index (χ0) is 17.4. The van der Waals surface area contributed by atoms with Crippen LogP contribution in [-0.2, 0) is 6.42 Å². The summed E-state index contributed by atoms with van der Waals surface area (Å²) in [4.78, 5) is 28.2. The predicted molar refractivity (Wildman–Crippen MR) is 98.2 cm³/mol. The van der Waals surface area contributed by atoms with E-state index in [-0.39, 0.29) is 11.9 Å². The second-order valence-electron chi connectivity index (χ2n) is 6.92. The van der Waals surface area contributed by atoms with Gasteiger partial charge in [0.2, 0.25) is 5.95 Å². The summed E-state index contributed by atoms with van der Waals surface area (Å²) in [6.45, 7) is 5.93. The summed E-state index contributed by atoms with van der Waals surface area (Å²) in [5.41, 5.74) is 2.77. The Bertz CT molecular complexity index is 768. The van der Waals surface area contributed by atoms with Gasteiger partial charge in [-0.2, -0.15) is 0 Å². The first-order chi connectivity index (χ1) is 12.1. The molecular weight excluding hydrogens is 314 g/mol. The highest BCUT2D eigenvalue weighted by Crippen LogP contribution is 2.32. The molecule has 25 heavy (non-hydrogen) atoms. The van der Waals surface area contributed by atoms with Gasteiger partial charge in [-0.05, 0) is 32.0 Å². The summed E-state index contributed by atoms with van der Waals surface area (Å²) in [7, 11) is 2.12. The fourth-order valence-electron chi connectivity index (χ4n) is 3.62. The Balaban J connectivity index is 1.53. The lowest BCUT2D eigenvalue weighted by Gasteiger charge is -2.32. The van der Waals surface area contributed by atoms with Crippen molar-refractivity contribution in [3.05, 3.63) is 47.8 Å². The number of hydrogen-bond donors (Lipinski definition) is 0. The van der Waals surface area contributed by atoms with Crippen molar-refractivity contribution >= 4 is 17.5 Å². The maximum Gasteiger partial charge on any atom is 0.261 e. The first kappa shape index (κ1) is 16.0. The second-order valence-corrected chi connectivity index (χ2v) is 6.92. The van der Waals surface area contributed by atoms with Gasteiger partial charge in [0, 0.05) is 50.3 Å². The van der Waals surface area contributed by atoms with Gasteiger partial charge in [-0.25, -0.2) is 9.97 Å². The van der Waals surface area contributed by atoms with Crippen LogP contribution in [0.2, 0.25) is 0 Å². The Morgan fingerprint density at radius 2 is 1.76 bits per heavy atom. The minimum absolute atomic E-state index is 0.0256. The van der Waals surface area contributed by atoms with Gasteiger partial charge in [0.05, 0.1) is 5.56 Å². The van der Waals surface area contributed by atoms with Crippen molar-refractivity contribution in [1.82, 2.24) is 14.9 Å². The van der Waals surface area contributed by atoms with Crippen molar-refractivity contribution in [2.24, 2.45) is 0 Å². The molecule has 1 saturated heterocycles.